The Bertz CT molecular complexity index is 245. The van der Waals surface area contributed by atoms with Crippen LogP contribution in [0.1, 0.15) is 16.1 Å². The van der Waals surface area contributed by atoms with Gasteiger partial charge in [0.25, 0.3) is 0 Å². The fourth-order valence-electron chi connectivity index (χ4n) is 0.594. The van der Waals surface area contributed by atoms with Crippen molar-refractivity contribution in [2.75, 3.05) is 0 Å². The number of carboxylic acids is 1. The molecule has 0 aliphatic rings. The van der Waals surface area contributed by atoms with E-state index in [0.717, 1.165) is 5.69 Å². The molecule has 0 amide bonds. The van der Waals surface area contributed by atoms with Crippen molar-refractivity contribution >= 4 is 24.8 Å². The third-order valence-electron chi connectivity index (χ3n) is 1.16. The maximum atomic E-state index is 10.3. The molecule has 0 saturated carbocycles. The molecule has 0 aliphatic heterocycles. The van der Waals surface area contributed by atoms with Gasteiger partial charge in [-0.3, -0.25) is 4.98 Å². The van der Waals surface area contributed by atoms with Crippen molar-refractivity contribution < 1.29 is 9.90 Å². The molecule has 0 fully saturated rings. The van der Waals surface area contributed by atoms with Crippen LogP contribution < -0.4 is 0 Å². The van der Waals surface area contributed by atoms with Crippen LogP contribution in [0.2, 0.25) is 0 Å². The molecule has 1 aromatic rings. The van der Waals surface area contributed by atoms with Crippen LogP contribution >= 0.6 is 0 Å². The molecule has 1 aromatic heterocycles. The third-order valence-corrected chi connectivity index (χ3v) is 1.16. The zero-order valence-electron chi connectivity index (χ0n) is 5.53. The number of pyridine rings is 1. The van der Waals surface area contributed by atoms with Crippen molar-refractivity contribution in [2.24, 2.45) is 0 Å². The van der Waals surface area contributed by atoms with Gasteiger partial charge in [-0.2, -0.15) is 0 Å². The Morgan fingerprint density at radius 3 is 2.55 bits per heavy atom. The topological polar surface area (TPSA) is 50.2 Å². The zero-order chi connectivity index (χ0) is 7.56. The van der Waals surface area contributed by atoms with Gasteiger partial charge in [0, 0.05) is 11.9 Å². The van der Waals surface area contributed by atoms with Crippen molar-refractivity contribution in [2.45, 2.75) is 6.92 Å². The van der Waals surface area contributed by atoms with E-state index in [1.54, 1.807) is 6.07 Å². The number of hydrogen-bond donors (Lipinski definition) is 1. The molecule has 4 heteroatoms. The molecule has 0 saturated heterocycles. The standard InChI is InChI=1S/C7H7NO2.Li.H/c1-5-2-3-6(4-8-5)7(9)10;;/h2-4H,1H3,(H,9,10);;. The fraction of sp³-hybridized carbons (Fsp3) is 0.143. The van der Waals surface area contributed by atoms with Gasteiger partial charge in [-0.15, -0.1) is 0 Å². The number of aromatic nitrogens is 1. The quantitative estimate of drug-likeness (QED) is 0.583. The number of aromatic carboxylic acids is 1. The number of hydrogen-bond acceptors (Lipinski definition) is 2. The second-order valence-corrected chi connectivity index (χ2v) is 1.99. The molecule has 1 heterocycles. The van der Waals surface area contributed by atoms with Gasteiger partial charge >= 0.3 is 24.8 Å². The molecule has 0 bridgehead atoms. The van der Waals surface area contributed by atoms with E-state index in [2.05, 4.69) is 4.98 Å². The van der Waals surface area contributed by atoms with Gasteiger partial charge in [-0.25, -0.2) is 4.79 Å². The number of carbonyl (C=O) groups is 1. The number of rotatable bonds is 1. The van der Waals surface area contributed by atoms with Crippen LogP contribution in [0.15, 0.2) is 18.3 Å². The normalized spacial score (nSPS) is 8.45. The van der Waals surface area contributed by atoms with Crippen LogP contribution in [0.25, 0.3) is 0 Å². The number of carboxylic acid groups (broad SMARTS) is 1. The van der Waals surface area contributed by atoms with E-state index in [0.29, 0.717) is 0 Å². The van der Waals surface area contributed by atoms with Gasteiger partial charge in [0.15, 0.2) is 0 Å². The maximum absolute atomic E-state index is 10.3. The SMILES string of the molecule is Cc1ccc(C(=O)O)cn1.[LiH]. The Kier molecular flexibility index (Phi) is 3.87. The summed E-state index contributed by atoms with van der Waals surface area (Å²) in [6.07, 6.45) is 1.34. The van der Waals surface area contributed by atoms with Crippen LogP contribution in [0.3, 0.4) is 0 Å². The van der Waals surface area contributed by atoms with Crippen molar-refractivity contribution in [3.63, 3.8) is 0 Å². The molecule has 0 spiro atoms. The second-order valence-electron chi connectivity index (χ2n) is 1.99. The Morgan fingerprint density at radius 1 is 1.55 bits per heavy atom. The van der Waals surface area contributed by atoms with Gasteiger partial charge in [-0.1, -0.05) is 0 Å². The molecule has 11 heavy (non-hydrogen) atoms. The van der Waals surface area contributed by atoms with E-state index in [-0.39, 0.29) is 24.4 Å². The molecule has 0 aliphatic carbocycles. The van der Waals surface area contributed by atoms with Crippen LogP contribution in [0, 0.1) is 6.92 Å². The molecule has 1 N–H and O–H groups in total. The summed E-state index contributed by atoms with van der Waals surface area (Å²) in [6.45, 7) is 1.81. The Hall–Kier alpha value is -0.783. The number of nitrogens with zero attached hydrogens (tertiary/aromatic N) is 1. The van der Waals surface area contributed by atoms with E-state index < -0.39 is 5.97 Å². The fourth-order valence-corrected chi connectivity index (χ4v) is 0.594. The average Bonchev–Trinajstić information content (AvgIpc) is 1.88. The monoisotopic (exact) mass is 145 g/mol. The summed E-state index contributed by atoms with van der Waals surface area (Å²) >= 11 is 0. The Labute approximate surface area is 76.6 Å². The predicted molar refractivity (Wildman–Crippen MR) is 43.1 cm³/mol. The van der Waals surface area contributed by atoms with Gasteiger partial charge in [-0.05, 0) is 19.1 Å². The Balaban J connectivity index is 0.000001000. The van der Waals surface area contributed by atoms with E-state index in [4.69, 9.17) is 5.11 Å². The van der Waals surface area contributed by atoms with Crippen molar-refractivity contribution in [1.82, 2.24) is 4.98 Å². The van der Waals surface area contributed by atoms with E-state index >= 15 is 0 Å². The second kappa shape index (κ2) is 4.17. The molecule has 1 rings (SSSR count). The van der Waals surface area contributed by atoms with Gasteiger partial charge in [0.1, 0.15) is 0 Å². The summed E-state index contributed by atoms with van der Waals surface area (Å²) in [5.41, 5.74) is 1.05. The van der Waals surface area contributed by atoms with Crippen LogP contribution in [-0.2, 0) is 0 Å². The Morgan fingerprint density at radius 2 is 2.18 bits per heavy atom. The first-order chi connectivity index (χ1) is 4.70. The molecule has 0 unspecified atom stereocenters. The van der Waals surface area contributed by atoms with E-state index in [1.165, 1.54) is 12.3 Å². The van der Waals surface area contributed by atoms with Gasteiger partial charge < -0.3 is 5.11 Å². The van der Waals surface area contributed by atoms with Crippen LogP contribution in [-0.4, -0.2) is 34.9 Å². The summed E-state index contributed by atoms with van der Waals surface area (Å²) in [5.74, 6) is -0.937. The summed E-state index contributed by atoms with van der Waals surface area (Å²) in [5, 5.41) is 8.44. The summed E-state index contributed by atoms with van der Waals surface area (Å²) in [6, 6.07) is 3.20. The molecule has 3 nitrogen and oxygen atoms in total. The summed E-state index contributed by atoms with van der Waals surface area (Å²) < 4.78 is 0. The van der Waals surface area contributed by atoms with Crippen LogP contribution in [0.4, 0.5) is 0 Å². The van der Waals surface area contributed by atoms with E-state index in [1.807, 2.05) is 6.92 Å². The van der Waals surface area contributed by atoms with Gasteiger partial charge in [0.2, 0.25) is 0 Å². The summed E-state index contributed by atoms with van der Waals surface area (Å²) in [4.78, 5) is 14.1. The molecule has 54 valence electrons. The molecule has 0 atom stereocenters. The molecule has 0 radical (unpaired) electrons. The molecular weight excluding hydrogens is 137 g/mol. The first-order valence-electron chi connectivity index (χ1n) is 2.86. The summed E-state index contributed by atoms with van der Waals surface area (Å²) in [7, 11) is 0. The van der Waals surface area contributed by atoms with Crippen molar-refractivity contribution in [1.29, 1.82) is 0 Å². The van der Waals surface area contributed by atoms with Crippen LogP contribution in [0.5, 0.6) is 0 Å². The van der Waals surface area contributed by atoms with Crippen molar-refractivity contribution in [3.8, 4) is 0 Å². The third kappa shape index (κ3) is 2.75. The minimum absolute atomic E-state index is 0. The number of aryl methyl sites for hydroxylation is 1. The molecular formula is C7H8LiNO2. The van der Waals surface area contributed by atoms with Crippen molar-refractivity contribution in [3.05, 3.63) is 29.6 Å². The minimum atomic E-state index is -0.937. The first-order valence-corrected chi connectivity index (χ1v) is 2.86. The average molecular weight is 145 g/mol. The zero-order valence-corrected chi connectivity index (χ0v) is 5.53. The van der Waals surface area contributed by atoms with Gasteiger partial charge in [0.05, 0.1) is 5.56 Å². The predicted octanol–water partition coefficient (Wildman–Crippen LogP) is 0.440. The van der Waals surface area contributed by atoms with E-state index in [9.17, 15) is 4.79 Å². The molecule has 0 aromatic carbocycles. The first kappa shape index (κ1) is 10.2.